The van der Waals surface area contributed by atoms with Gasteiger partial charge in [-0.1, -0.05) is 25.8 Å². The summed E-state index contributed by atoms with van der Waals surface area (Å²) in [6.07, 6.45) is 6.40. The number of hydrogen-bond acceptors (Lipinski definition) is 3. The molecular weight excluding hydrogens is 266 g/mol. The van der Waals surface area contributed by atoms with E-state index >= 15 is 0 Å². The fourth-order valence-electron chi connectivity index (χ4n) is 3.26. The number of likely N-dealkylation sites (N-methyl/N-ethyl adjacent to an activating group) is 1. The average Bonchev–Trinajstić information content (AvgIpc) is 2.44. The maximum atomic E-state index is 12.2. The van der Waals surface area contributed by atoms with Crippen LogP contribution in [0.1, 0.15) is 32.6 Å². The third-order valence-corrected chi connectivity index (χ3v) is 4.59. The summed E-state index contributed by atoms with van der Waals surface area (Å²) in [5.41, 5.74) is 0.0480. The van der Waals surface area contributed by atoms with Crippen LogP contribution in [-0.2, 0) is 0 Å². The van der Waals surface area contributed by atoms with Crippen molar-refractivity contribution >= 4 is 6.03 Å². The first-order chi connectivity index (χ1) is 9.95. The molecule has 1 aliphatic carbocycles. The van der Waals surface area contributed by atoms with Gasteiger partial charge in [0.2, 0.25) is 0 Å². The smallest absolute Gasteiger partial charge is 0.317 e. The van der Waals surface area contributed by atoms with Gasteiger partial charge >= 0.3 is 6.03 Å². The Morgan fingerprint density at radius 2 is 2.24 bits per heavy atom. The van der Waals surface area contributed by atoms with Crippen molar-refractivity contribution in [2.45, 2.75) is 38.1 Å². The Hall–Kier alpha value is -1.07. The van der Waals surface area contributed by atoms with E-state index in [1.165, 1.54) is 12.8 Å². The molecule has 1 rings (SSSR count). The van der Waals surface area contributed by atoms with Gasteiger partial charge in [-0.15, -0.1) is 6.58 Å². The topological polar surface area (TPSA) is 55.8 Å². The second-order valence-electron chi connectivity index (χ2n) is 6.44. The van der Waals surface area contributed by atoms with Crippen molar-refractivity contribution in [2.75, 3.05) is 40.3 Å². The maximum Gasteiger partial charge on any atom is 0.317 e. The van der Waals surface area contributed by atoms with Crippen molar-refractivity contribution in [2.24, 2.45) is 5.92 Å². The van der Waals surface area contributed by atoms with Crippen LogP contribution in [0, 0.1) is 5.92 Å². The molecule has 1 fully saturated rings. The van der Waals surface area contributed by atoms with Crippen LogP contribution in [0.25, 0.3) is 0 Å². The molecule has 122 valence electrons. The van der Waals surface area contributed by atoms with Gasteiger partial charge in [-0.05, 0) is 32.9 Å². The average molecular weight is 297 g/mol. The Morgan fingerprint density at radius 1 is 1.52 bits per heavy atom. The number of amides is 2. The van der Waals surface area contributed by atoms with Crippen LogP contribution in [0.4, 0.5) is 4.79 Å². The quantitative estimate of drug-likeness (QED) is 0.703. The van der Waals surface area contributed by atoms with Crippen molar-refractivity contribution < 1.29 is 9.90 Å². The third kappa shape index (κ3) is 5.00. The minimum Gasteiger partial charge on any atom is -0.395 e. The summed E-state index contributed by atoms with van der Waals surface area (Å²) >= 11 is 0. The van der Waals surface area contributed by atoms with E-state index in [1.54, 1.807) is 11.0 Å². The van der Waals surface area contributed by atoms with E-state index in [-0.39, 0.29) is 18.2 Å². The number of nitrogens with zero attached hydrogens (tertiary/aromatic N) is 2. The summed E-state index contributed by atoms with van der Waals surface area (Å²) in [6.45, 7) is 7.36. The Bertz CT molecular complexity index is 346. The molecule has 0 aliphatic heterocycles. The van der Waals surface area contributed by atoms with Gasteiger partial charge in [-0.3, -0.25) is 0 Å². The van der Waals surface area contributed by atoms with Crippen molar-refractivity contribution in [3.05, 3.63) is 12.7 Å². The number of hydrogen-bond donors (Lipinski definition) is 2. The minimum absolute atomic E-state index is 0.0306. The predicted octanol–water partition coefficient (Wildman–Crippen LogP) is 1.69. The van der Waals surface area contributed by atoms with Gasteiger partial charge in [0.1, 0.15) is 0 Å². The lowest BCUT2D eigenvalue weighted by atomic mass is 9.75. The summed E-state index contributed by atoms with van der Waals surface area (Å²) in [7, 11) is 4.19. The SMILES string of the molecule is C=CCN(CCO)C(=O)NCC1(N(C)C)CCCC(C)C1. The molecule has 2 atom stereocenters. The number of urea groups is 1. The molecule has 0 aromatic heterocycles. The third-order valence-electron chi connectivity index (χ3n) is 4.59. The molecule has 0 saturated heterocycles. The predicted molar refractivity (Wildman–Crippen MR) is 86.3 cm³/mol. The molecule has 5 nitrogen and oxygen atoms in total. The standard InChI is InChI=1S/C16H31N3O2/c1-5-9-19(10-11-20)15(21)17-13-16(18(3)4)8-6-7-14(2)12-16/h5,14,20H,1,6-13H2,2-4H3,(H,17,21). The molecular formula is C16H31N3O2. The van der Waals surface area contributed by atoms with Crippen LogP contribution in [0.5, 0.6) is 0 Å². The van der Waals surface area contributed by atoms with Gasteiger partial charge in [0.15, 0.2) is 0 Å². The van der Waals surface area contributed by atoms with Crippen molar-refractivity contribution in [1.29, 1.82) is 0 Å². The van der Waals surface area contributed by atoms with Gasteiger partial charge in [0.05, 0.1) is 6.61 Å². The summed E-state index contributed by atoms with van der Waals surface area (Å²) in [4.78, 5) is 16.1. The van der Waals surface area contributed by atoms with E-state index in [1.807, 2.05) is 0 Å². The molecule has 0 heterocycles. The van der Waals surface area contributed by atoms with Crippen molar-refractivity contribution in [3.8, 4) is 0 Å². The van der Waals surface area contributed by atoms with Crippen LogP contribution >= 0.6 is 0 Å². The second kappa shape index (κ2) is 8.39. The van der Waals surface area contributed by atoms with E-state index in [0.717, 1.165) is 12.8 Å². The second-order valence-corrected chi connectivity index (χ2v) is 6.44. The molecule has 21 heavy (non-hydrogen) atoms. The lowest BCUT2D eigenvalue weighted by Crippen LogP contribution is -2.56. The lowest BCUT2D eigenvalue weighted by molar-refractivity contribution is 0.0752. The first-order valence-corrected chi connectivity index (χ1v) is 7.87. The number of rotatable bonds is 7. The van der Waals surface area contributed by atoms with Gasteiger partial charge in [0.25, 0.3) is 0 Å². The number of aliphatic hydroxyl groups excluding tert-OH is 1. The zero-order chi connectivity index (χ0) is 15.9. The van der Waals surface area contributed by atoms with E-state index in [2.05, 4.69) is 37.8 Å². The highest BCUT2D eigenvalue weighted by atomic mass is 16.3. The van der Waals surface area contributed by atoms with Crippen molar-refractivity contribution in [1.82, 2.24) is 15.1 Å². The molecule has 0 aromatic rings. The van der Waals surface area contributed by atoms with E-state index in [0.29, 0.717) is 25.6 Å². The fourth-order valence-corrected chi connectivity index (χ4v) is 3.26. The number of aliphatic hydroxyl groups is 1. The molecule has 5 heteroatoms. The molecule has 1 saturated carbocycles. The molecule has 2 amide bonds. The normalized spacial score (nSPS) is 25.7. The minimum atomic E-state index is -0.122. The Kier molecular flexibility index (Phi) is 7.18. The Balaban J connectivity index is 2.63. The van der Waals surface area contributed by atoms with Crippen LogP contribution in [0.3, 0.4) is 0 Å². The summed E-state index contributed by atoms with van der Waals surface area (Å²) in [6, 6.07) is -0.122. The van der Waals surface area contributed by atoms with E-state index in [9.17, 15) is 4.79 Å². The first kappa shape index (κ1) is 18.0. The summed E-state index contributed by atoms with van der Waals surface area (Å²) in [5.74, 6) is 0.694. The van der Waals surface area contributed by atoms with Gasteiger partial charge in [0, 0.05) is 25.2 Å². The molecule has 0 aromatic carbocycles. The zero-order valence-corrected chi connectivity index (χ0v) is 13.8. The van der Waals surface area contributed by atoms with Crippen LogP contribution in [-0.4, -0.2) is 66.8 Å². The molecule has 1 aliphatic rings. The monoisotopic (exact) mass is 297 g/mol. The Morgan fingerprint density at radius 3 is 2.76 bits per heavy atom. The number of nitrogens with one attached hydrogen (secondary N) is 1. The highest BCUT2D eigenvalue weighted by molar-refractivity contribution is 5.74. The highest BCUT2D eigenvalue weighted by Crippen LogP contribution is 2.35. The van der Waals surface area contributed by atoms with Crippen LogP contribution < -0.4 is 5.32 Å². The van der Waals surface area contributed by atoms with E-state index < -0.39 is 0 Å². The van der Waals surface area contributed by atoms with Crippen LogP contribution in [0.15, 0.2) is 12.7 Å². The van der Waals surface area contributed by atoms with Gasteiger partial charge in [-0.2, -0.15) is 0 Å². The number of carbonyl (C=O) groups excluding carboxylic acids is 1. The maximum absolute atomic E-state index is 12.2. The fraction of sp³-hybridized carbons (Fsp3) is 0.812. The first-order valence-electron chi connectivity index (χ1n) is 7.87. The number of carbonyl (C=O) groups is 1. The molecule has 0 radical (unpaired) electrons. The summed E-state index contributed by atoms with van der Waals surface area (Å²) in [5, 5.41) is 12.1. The zero-order valence-electron chi connectivity index (χ0n) is 13.8. The van der Waals surface area contributed by atoms with Gasteiger partial charge < -0.3 is 20.2 Å². The summed E-state index contributed by atoms with van der Waals surface area (Å²) < 4.78 is 0. The lowest BCUT2D eigenvalue weighted by Gasteiger charge is -2.45. The Labute approximate surface area is 129 Å². The largest absolute Gasteiger partial charge is 0.395 e. The molecule has 2 N–H and O–H groups in total. The highest BCUT2D eigenvalue weighted by Gasteiger charge is 2.37. The molecule has 0 spiro atoms. The van der Waals surface area contributed by atoms with Crippen LogP contribution in [0.2, 0.25) is 0 Å². The molecule has 2 unspecified atom stereocenters. The molecule has 0 bridgehead atoms. The van der Waals surface area contributed by atoms with E-state index in [4.69, 9.17) is 5.11 Å². The van der Waals surface area contributed by atoms with Crippen molar-refractivity contribution in [3.63, 3.8) is 0 Å². The van der Waals surface area contributed by atoms with Gasteiger partial charge in [-0.25, -0.2) is 4.79 Å².